The van der Waals surface area contributed by atoms with E-state index in [1.165, 1.54) is 16.7 Å². The smallest absolute Gasteiger partial charge is 0.249 e. The van der Waals surface area contributed by atoms with E-state index in [4.69, 9.17) is 0 Å². The molecule has 1 spiro atoms. The standard InChI is InChI=1S/C32H35N3O2/c36-30-29-17-10-20-34(29)31(37)32(18-21-33(22-19-32)23-25-11-4-1-5-12-25)35(30)24-28(26-13-6-2-7-14-26)27-15-8-3-9-16-27/h1-9,11-16,28-29H,10,17-24H2. The first-order valence-corrected chi connectivity index (χ1v) is 13.6. The number of carbonyl (C=O) groups is 2. The Morgan fingerprint density at radius 2 is 1.32 bits per heavy atom. The molecule has 0 bridgehead atoms. The first kappa shape index (κ1) is 23.9. The van der Waals surface area contributed by atoms with E-state index in [0.717, 1.165) is 32.5 Å². The number of piperazine rings is 1. The van der Waals surface area contributed by atoms with Gasteiger partial charge in [0.15, 0.2) is 0 Å². The van der Waals surface area contributed by atoms with Crippen molar-refractivity contribution in [1.29, 1.82) is 0 Å². The van der Waals surface area contributed by atoms with Crippen LogP contribution in [-0.4, -0.2) is 64.3 Å². The molecule has 2 amide bonds. The molecule has 3 aliphatic rings. The second-order valence-electron chi connectivity index (χ2n) is 10.8. The number of benzene rings is 3. The van der Waals surface area contributed by atoms with Crippen LogP contribution in [0.4, 0.5) is 0 Å². The first-order chi connectivity index (χ1) is 18.2. The summed E-state index contributed by atoms with van der Waals surface area (Å²) < 4.78 is 0. The molecule has 3 saturated heterocycles. The van der Waals surface area contributed by atoms with Crippen LogP contribution in [0.2, 0.25) is 0 Å². The van der Waals surface area contributed by atoms with Crippen molar-refractivity contribution in [3.63, 3.8) is 0 Å². The van der Waals surface area contributed by atoms with Gasteiger partial charge in [-0.2, -0.15) is 0 Å². The number of likely N-dealkylation sites (tertiary alicyclic amines) is 1. The van der Waals surface area contributed by atoms with Crippen molar-refractivity contribution < 1.29 is 9.59 Å². The monoisotopic (exact) mass is 493 g/mol. The van der Waals surface area contributed by atoms with Gasteiger partial charge in [-0.05, 0) is 42.4 Å². The fourth-order valence-electron chi connectivity index (χ4n) is 6.67. The molecule has 0 radical (unpaired) electrons. The third kappa shape index (κ3) is 4.46. The number of nitrogens with zero attached hydrogens (tertiary/aromatic N) is 3. The van der Waals surface area contributed by atoms with Gasteiger partial charge in [-0.3, -0.25) is 14.5 Å². The van der Waals surface area contributed by atoms with Gasteiger partial charge in [-0.1, -0.05) is 91.0 Å². The van der Waals surface area contributed by atoms with Crippen LogP contribution in [0.3, 0.4) is 0 Å². The van der Waals surface area contributed by atoms with Gasteiger partial charge in [0.1, 0.15) is 11.6 Å². The number of piperidine rings is 1. The molecule has 1 unspecified atom stereocenters. The average molecular weight is 494 g/mol. The Kier molecular flexibility index (Phi) is 6.56. The third-order valence-corrected chi connectivity index (χ3v) is 8.68. The third-order valence-electron chi connectivity index (χ3n) is 8.68. The Labute approximate surface area is 219 Å². The van der Waals surface area contributed by atoms with Crippen LogP contribution in [0, 0.1) is 0 Å². The van der Waals surface area contributed by atoms with Crippen LogP contribution in [0.15, 0.2) is 91.0 Å². The van der Waals surface area contributed by atoms with Crippen molar-refractivity contribution in [1.82, 2.24) is 14.7 Å². The predicted octanol–water partition coefficient (Wildman–Crippen LogP) is 4.69. The fourth-order valence-corrected chi connectivity index (χ4v) is 6.67. The van der Waals surface area contributed by atoms with Crippen molar-refractivity contribution in [2.45, 2.75) is 49.7 Å². The van der Waals surface area contributed by atoms with Gasteiger partial charge in [0, 0.05) is 38.6 Å². The minimum Gasteiger partial charge on any atom is -0.329 e. The number of fused-ring (bicyclic) bond motifs is 1. The molecule has 5 nitrogen and oxygen atoms in total. The van der Waals surface area contributed by atoms with Gasteiger partial charge >= 0.3 is 0 Å². The van der Waals surface area contributed by atoms with Crippen LogP contribution >= 0.6 is 0 Å². The van der Waals surface area contributed by atoms with Crippen molar-refractivity contribution in [2.75, 3.05) is 26.2 Å². The number of hydrogen-bond donors (Lipinski definition) is 0. The summed E-state index contributed by atoms with van der Waals surface area (Å²) >= 11 is 0. The summed E-state index contributed by atoms with van der Waals surface area (Å²) in [4.78, 5) is 34.6. The zero-order chi connectivity index (χ0) is 25.2. The summed E-state index contributed by atoms with van der Waals surface area (Å²) in [5, 5.41) is 0. The Bertz CT molecular complexity index is 1180. The number of rotatable bonds is 6. The Hall–Kier alpha value is -3.44. The van der Waals surface area contributed by atoms with Crippen molar-refractivity contribution in [2.24, 2.45) is 0 Å². The first-order valence-electron chi connectivity index (χ1n) is 13.6. The van der Waals surface area contributed by atoms with Crippen LogP contribution < -0.4 is 0 Å². The molecule has 0 saturated carbocycles. The van der Waals surface area contributed by atoms with E-state index in [1.54, 1.807) is 0 Å². The zero-order valence-electron chi connectivity index (χ0n) is 21.3. The average Bonchev–Trinajstić information content (AvgIpc) is 3.45. The van der Waals surface area contributed by atoms with Crippen molar-refractivity contribution >= 4 is 11.8 Å². The summed E-state index contributed by atoms with van der Waals surface area (Å²) in [5.41, 5.74) is 2.89. The van der Waals surface area contributed by atoms with Gasteiger partial charge in [0.05, 0.1) is 0 Å². The van der Waals surface area contributed by atoms with E-state index < -0.39 is 5.54 Å². The molecule has 3 aliphatic heterocycles. The molecule has 1 atom stereocenters. The van der Waals surface area contributed by atoms with Gasteiger partial charge in [-0.25, -0.2) is 0 Å². The maximum atomic E-state index is 14.2. The highest BCUT2D eigenvalue weighted by molar-refractivity contribution is 6.00. The minimum atomic E-state index is -0.757. The molecule has 3 aromatic carbocycles. The van der Waals surface area contributed by atoms with Gasteiger partial charge in [0.2, 0.25) is 11.8 Å². The molecule has 3 heterocycles. The minimum absolute atomic E-state index is 0.0197. The molecule has 5 heteroatoms. The number of hydrogen-bond acceptors (Lipinski definition) is 3. The lowest BCUT2D eigenvalue weighted by Gasteiger charge is -2.54. The lowest BCUT2D eigenvalue weighted by Crippen LogP contribution is -2.72. The molecule has 190 valence electrons. The molecule has 6 rings (SSSR count). The highest BCUT2D eigenvalue weighted by Crippen LogP contribution is 2.41. The van der Waals surface area contributed by atoms with Crippen molar-refractivity contribution in [3.8, 4) is 0 Å². The van der Waals surface area contributed by atoms with Crippen molar-refractivity contribution in [3.05, 3.63) is 108 Å². The Morgan fingerprint density at radius 3 is 1.92 bits per heavy atom. The SMILES string of the molecule is O=C1C2CCCN2C(=O)C2(CCN(Cc3ccccc3)CC2)N1CC(c1ccccc1)c1ccccc1. The van der Waals surface area contributed by atoms with Crippen LogP contribution in [-0.2, 0) is 16.1 Å². The second-order valence-corrected chi connectivity index (χ2v) is 10.8. The largest absolute Gasteiger partial charge is 0.329 e. The lowest BCUT2D eigenvalue weighted by atomic mass is 9.79. The zero-order valence-corrected chi connectivity index (χ0v) is 21.3. The summed E-state index contributed by atoms with van der Waals surface area (Å²) in [6.45, 7) is 3.73. The highest BCUT2D eigenvalue weighted by atomic mass is 16.2. The molecule has 0 aliphatic carbocycles. The number of amides is 2. The van der Waals surface area contributed by atoms with E-state index in [9.17, 15) is 9.59 Å². The summed E-state index contributed by atoms with van der Waals surface area (Å²) in [6.07, 6.45) is 3.06. The topological polar surface area (TPSA) is 43.9 Å². The second kappa shape index (κ2) is 10.1. The van der Waals surface area contributed by atoms with Gasteiger partial charge in [-0.15, -0.1) is 0 Å². The van der Waals surface area contributed by atoms with Crippen LogP contribution in [0.25, 0.3) is 0 Å². The fraction of sp³-hybridized carbons (Fsp3) is 0.375. The van der Waals surface area contributed by atoms with E-state index in [-0.39, 0.29) is 23.8 Å². The molecule has 0 aromatic heterocycles. The Balaban J connectivity index is 1.32. The Morgan fingerprint density at radius 1 is 0.757 bits per heavy atom. The maximum Gasteiger partial charge on any atom is 0.249 e. The van der Waals surface area contributed by atoms with Gasteiger partial charge < -0.3 is 9.80 Å². The van der Waals surface area contributed by atoms with E-state index >= 15 is 0 Å². The molecule has 3 aromatic rings. The summed E-state index contributed by atoms with van der Waals surface area (Å²) in [7, 11) is 0. The normalized spacial score (nSPS) is 21.6. The quantitative estimate of drug-likeness (QED) is 0.501. The molecular formula is C32H35N3O2. The molecular weight excluding hydrogens is 458 g/mol. The van der Waals surface area contributed by atoms with Gasteiger partial charge in [0.25, 0.3) is 0 Å². The predicted molar refractivity (Wildman–Crippen MR) is 145 cm³/mol. The van der Waals surface area contributed by atoms with Crippen LogP contribution in [0.1, 0.15) is 48.3 Å². The van der Waals surface area contributed by atoms with E-state index in [1.807, 2.05) is 28.0 Å². The molecule has 3 fully saturated rings. The lowest BCUT2D eigenvalue weighted by molar-refractivity contribution is -0.172. The van der Waals surface area contributed by atoms with E-state index in [2.05, 4.69) is 77.7 Å². The van der Waals surface area contributed by atoms with Crippen LogP contribution in [0.5, 0.6) is 0 Å². The highest BCUT2D eigenvalue weighted by Gasteiger charge is 2.58. The summed E-state index contributed by atoms with van der Waals surface area (Å²) in [6, 6.07) is 31.1. The van der Waals surface area contributed by atoms with E-state index in [0.29, 0.717) is 25.9 Å². The summed E-state index contributed by atoms with van der Waals surface area (Å²) in [5.74, 6) is 0.339. The maximum absolute atomic E-state index is 14.2. The number of carbonyl (C=O) groups excluding carboxylic acids is 2. The molecule has 0 N–H and O–H groups in total. The molecule has 37 heavy (non-hydrogen) atoms.